The average molecular weight is 517 g/mol. The van der Waals surface area contributed by atoms with Crippen molar-refractivity contribution < 1.29 is 23.8 Å². The Morgan fingerprint density at radius 1 is 1.05 bits per heavy atom. The number of benzene rings is 2. The zero-order valence-corrected chi connectivity index (χ0v) is 20.1. The number of carbonyl (C=O) groups is 1. The van der Waals surface area contributed by atoms with E-state index in [2.05, 4.69) is 15.6 Å². The summed E-state index contributed by atoms with van der Waals surface area (Å²) in [5.41, 5.74) is 2.46. The summed E-state index contributed by atoms with van der Waals surface area (Å²) in [4.78, 5) is 17.5. The number of nitrogens with one attached hydrogen (secondary N) is 2. The number of ether oxygens (including phenoxy) is 1. The van der Waals surface area contributed by atoms with Crippen molar-refractivity contribution in [2.24, 2.45) is 0 Å². The van der Waals surface area contributed by atoms with Crippen molar-refractivity contribution in [3.63, 3.8) is 0 Å². The lowest BCUT2D eigenvalue weighted by atomic mass is 10.2. The number of halogens is 1. The highest BCUT2D eigenvalue weighted by Crippen LogP contribution is 2.39. The molecule has 0 spiro atoms. The smallest absolute Gasteiger partial charge is 0.228 e. The van der Waals surface area contributed by atoms with E-state index in [1.807, 2.05) is 24.3 Å². The number of pyridine rings is 2. The lowest BCUT2D eigenvalue weighted by Crippen LogP contribution is -2.26. The number of hydrogen-bond acceptors (Lipinski definition) is 7. The van der Waals surface area contributed by atoms with Crippen LogP contribution in [0.5, 0.6) is 11.5 Å². The van der Waals surface area contributed by atoms with Crippen molar-refractivity contribution in [3.05, 3.63) is 102 Å². The van der Waals surface area contributed by atoms with E-state index < -0.39 is 18.0 Å². The summed E-state index contributed by atoms with van der Waals surface area (Å²) < 4.78 is 22.2. The van der Waals surface area contributed by atoms with Crippen LogP contribution in [0.25, 0.3) is 20.7 Å². The van der Waals surface area contributed by atoms with Crippen LogP contribution in [-0.4, -0.2) is 22.2 Å². The summed E-state index contributed by atoms with van der Waals surface area (Å²) in [6.07, 6.45) is 3.09. The highest BCUT2D eigenvalue weighted by atomic mass is 32.1. The van der Waals surface area contributed by atoms with Crippen LogP contribution in [0, 0.1) is 11.0 Å². The average Bonchev–Trinajstić information content (AvgIpc) is 3.32. The second-order valence-electron chi connectivity index (χ2n) is 8.11. The Bertz CT molecular complexity index is 1540. The van der Waals surface area contributed by atoms with Crippen LogP contribution < -0.4 is 20.1 Å². The maximum atomic E-state index is 14.9. The number of thiophene rings is 1. The molecule has 3 aromatic heterocycles. The number of anilines is 2. The number of amides is 1. The minimum Gasteiger partial charge on any atom is -0.619 e. The lowest BCUT2D eigenvalue weighted by Gasteiger charge is -2.14. The molecule has 0 saturated carbocycles. The number of aliphatic hydroxyl groups is 1. The van der Waals surface area contributed by atoms with Crippen LogP contribution in [0.2, 0.25) is 0 Å². The van der Waals surface area contributed by atoms with E-state index in [-0.39, 0.29) is 17.9 Å². The quantitative estimate of drug-likeness (QED) is 0.147. The van der Waals surface area contributed by atoms with E-state index in [1.54, 1.807) is 36.5 Å². The molecule has 37 heavy (non-hydrogen) atoms. The van der Waals surface area contributed by atoms with Gasteiger partial charge in [0.05, 0.1) is 16.6 Å². The number of nitrogens with zero attached hydrogens (tertiary/aromatic N) is 2. The van der Waals surface area contributed by atoms with Crippen LogP contribution >= 0.6 is 11.3 Å². The minimum atomic E-state index is -1.10. The van der Waals surface area contributed by atoms with Gasteiger partial charge in [0.2, 0.25) is 5.91 Å². The largest absolute Gasteiger partial charge is 0.619 e. The molecule has 1 amide bonds. The zero-order valence-electron chi connectivity index (χ0n) is 19.3. The Labute approximate surface area is 215 Å². The maximum absolute atomic E-state index is 14.9. The molecule has 8 nitrogen and oxygen atoms in total. The first-order valence-electron chi connectivity index (χ1n) is 11.3. The van der Waals surface area contributed by atoms with Crippen molar-refractivity contribution in [1.29, 1.82) is 0 Å². The highest BCUT2D eigenvalue weighted by molar-refractivity contribution is 7.22. The van der Waals surface area contributed by atoms with Gasteiger partial charge in [0, 0.05) is 52.3 Å². The summed E-state index contributed by atoms with van der Waals surface area (Å²) in [7, 11) is 0. The Hall–Kier alpha value is -4.54. The number of aliphatic hydroxyl groups excluding tert-OH is 1. The predicted octanol–water partition coefficient (Wildman–Crippen LogP) is 5.29. The van der Waals surface area contributed by atoms with E-state index in [0.29, 0.717) is 21.7 Å². The van der Waals surface area contributed by atoms with Gasteiger partial charge in [-0.1, -0.05) is 18.2 Å². The Morgan fingerprint density at radius 2 is 1.84 bits per heavy atom. The molecule has 0 aliphatic rings. The summed E-state index contributed by atoms with van der Waals surface area (Å²) in [6.45, 7) is 0. The molecule has 5 aromatic rings. The van der Waals surface area contributed by atoms with Crippen molar-refractivity contribution >= 4 is 38.8 Å². The summed E-state index contributed by atoms with van der Waals surface area (Å²) in [5, 5.41) is 26.8. The molecular weight excluding hydrogens is 495 g/mol. The van der Waals surface area contributed by atoms with Gasteiger partial charge in [-0.25, -0.2) is 4.39 Å². The van der Waals surface area contributed by atoms with E-state index in [4.69, 9.17) is 4.74 Å². The second kappa shape index (κ2) is 10.6. The summed E-state index contributed by atoms with van der Waals surface area (Å²) in [5.74, 6) is -0.722. The van der Waals surface area contributed by atoms with Gasteiger partial charge < -0.3 is 25.7 Å². The number of carbonyl (C=O) groups excluding carboxylic acids is 1. The molecule has 1 atom stereocenters. The maximum Gasteiger partial charge on any atom is 0.228 e. The number of rotatable bonds is 8. The standard InChI is InChI=1S/C27H21FN4O4S/c28-20-14-19(31-26(34)16-25(33)30-18-4-2-1-3-5-18)6-7-22(20)36-23-8-11-29-21-15-24(37-27(21)23)17-9-12-32(35)13-10-17/h1-15,25,30,33H,16H2,(H,31,34). The molecule has 3 heterocycles. The van der Waals surface area contributed by atoms with Gasteiger partial charge >= 0.3 is 0 Å². The van der Waals surface area contributed by atoms with Gasteiger partial charge in [-0.05, 0) is 30.3 Å². The van der Waals surface area contributed by atoms with Crippen molar-refractivity contribution in [3.8, 4) is 21.9 Å². The molecule has 3 N–H and O–H groups in total. The molecule has 2 aromatic carbocycles. The van der Waals surface area contributed by atoms with Gasteiger partial charge in [0.25, 0.3) is 0 Å². The van der Waals surface area contributed by atoms with Gasteiger partial charge in [0.1, 0.15) is 12.0 Å². The molecule has 186 valence electrons. The Balaban J connectivity index is 1.26. The summed E-state index contributed by atoms with van der Waals surface area (Å²) in [6, 6.07) is 20.1. The Morgan fingerprint density at radius 3 is 2.59 bits per heavy atom. The first kappa shape index (κ1) is 24.2. The van der Waals surface area contributed by atoms with Crippen molar-refractivity contribution in [2.45, 2.75) is 12.6 Å². The zero-order chi connectivity index (χ0) is 25.8. The van der Waals surface area contributed by atoms with Gasteiger partial charge in [0.15, 0.2) is 24.0 Å². The molecule has 0 saturated heterocycles. The number of fused-ring (bicyclic) bond motifs is 1. The molecule has 0 bridgehead atoms. The third kappa shape index (κ3) is 5.83. The van der Waals surface area contributed by atoms with Gasteiger partial charge in [-0.15, -0.1) is 11.3 Å². The lowest BCUT2D eigenvalue weighted by molar-refractivity contribution is -0.605. The third-order valence-corrected chi connectivity index (χ3v) is 6.57. The van der Waals surface area contributed by atoms with Crippen molar-refractivity contribution in [1.82, 2.24) is 4.98 Å². The SMILES string of the molecule is O=C(CC(O)Nc1ccccc1)Nc1ccc(Oc2ccnc3cc(-c4cc[n+]([O-])cc4)sc23)c(F)c1. The first-order chi connectivity index (χ1) is 17.9. The van der Waals surface area contributed by atoms with Crippen LogP contribution in [0.15, 0.2) is 91.4 Å². The fourth-order valence-electron chi connectivity index (χ4n) is 3.66. The minimum absolute atomic E-state index is 0.0154. The second-order valence-corrected chi connectivity index (χ2v) is 9.16. The topological polar surface area (TPSA) is 110 Å². The van der Waals surface area contributed by atoms with Crippen LogP contribution in [0.3, 0.4) is 0 Å². The van der Waals surface area contributed by atoms with Gasteiger partial charge in [-0.3, -0.25) is 9.78 Å². The molecule has 10 heteroatoms. The predicted molar refractivity (Wildman–Crippen MR) is 140 cm³/mol. The molecular formula is C27H21FN4O4S. The fourth-order valence-corrected chi connectivity index (χ4v) is 4.73. The number of para-hydroxylation sites is 1. The fraction of sp³-hybridized carbons (Fsp3) is 0.0741. The summed E-state index contributed by atoms with van der Waals surface area (Å²) >= 11 is 1.42. The molecule has 0 aliphatic carbocycles. The van der Waals surface area contributed by atoms with Crippen LogP contribution in [0.1, 0.15) is 6.42 Å². The van der Waals surface area contributed by atoms with E-state index in [9.17, 15) is 19.5 Å². The third-order valence-electron chi connectivity index (χ3n) is 5.38. The van der Waals surface area contributed by atoms with Crippen LogP contribution in [0.4, 0.5) is 15.8 Å². The molecule has 1 unspecified atom stereocenters. The monoisotopic (exact) mass is 516 g/mol. The van der Waals surface area contributed by atoms with Crippen molar-refractivity contribution in [2.75, 3.05) is 10.6 Å². The van der Waals surface area contributed by atoms with Gasteiger partial charge in [-0.2, -0.15) is 4.73 Å². The molecule has 5 rings (SSSR count). The van der Waals surface area contributed by atoms with E-state index in [1.165, 1.54) is 35.9 Å². The number of hydrogen-bond donors (Lipinski definition) is 3. The Kier molecular flexibility index (Phi) is 6.93. The normalized spacial score (nSPS) is 11.7. The van der Waals surface area contributed by atoms with E-state index in [0.717, 1.165) is 21.2 Å². The highest BCUT2D eigenvalue weighted by Gasteiger charge is 2.15. The van der Waals surface area contributed by atoms with Crippen LogP contribution in [-0.2, 0) is 4.79 Å². The van der Waals surface area contributed by atoms with E-state index >= 15 is 0 Å². The first-order valence-corrected chi connectivity index (χ1v) is 12.1. The molecule has 0 radical (unpaired) electrons. The molecule has 0 fully saturated rings. The molecule has 0 aliphatic heterocycles. The number of aromatic nitrogens is 2.